The van der Waals surface area contributed by atoms with E-state index in [0.717, 1.165) is 56.3 Å². The molecule has 1 atom stereocenters. The van der Waals surface area contributed by atoms with Crippen molar-refractivity contribution in [1.29, 1.82) is 0 Å². The average Bonchev–Trinajstić information content (AvgIpc) is 2.52. The average molecular weight is 309 g/mol. The van der Waals surface area contributed by atoms with Crippen LogP contribution in [0.3, 0.4) is 0 Å². The summed E-state index contributed by atoms with van der Waals surface area (Å²) in [6.07, 6.45) is 2.01. The largest absolute Gasteiger partial charge is 0.379 e. The Bertz CT molecular complexity index is 503. The molecule has 1 aromatic rings. The Hall–Kier alpha value is -1.10. The van der Waals surface area contributed by atoms with Crippen molar-refractivity contribution in [2.45, 2.75) is 25.4 Å². The van der Waals surface area contributed by atoms with Crippen LogP contribution in [0.15, 0.2) is 24.3 Å². The van der Waals surface area contributed by atoms with Crippen molar-refractivity contribution in [3.63, 3.8) is 0 Å². The molecule has 0 aromatic heterocycles. The van der Waals surface area contributed by atoms with Gasteiger partial charge in [-0.25, -0.2) is 0 Å². The van der Waals surface area contributed by atoms with Gasteiger partial charge in [-0.1, -0.05) is 29.8 Å². The highest BCUT2D eigenvalue weighted by molar-refractivity contribution is 6.31. The fourth-order valence-electron chi connectivity index (χ4n) is 3.14. The fourth-order valence-corrected chi connectivity index (χ4v) is 3.33. The van der Waals surface area contributed by atoms with Gasteiger partial charge in [0.1, 0.15) is 0 Å². The molecule has 2 saturated heterocycles. The number of benzene rings is 1. The van der Waals surface area contributed by atoms with Gasteiger partial charge in [-0.05, 0) is 24.5 Å². The van der Waals surface area contributed by atoms with E-state index in [-0.39, 0.29) is 11.9 Å². The zero-order valence-corrected chi connectivity index (χ0v) is 12.9. The fraction of sp³-hybridized carbons (Fsp3) is 0.562. The number of hydrogen-bond donors (Lipinski definition) is 0. The van der Waals surface area contributed by atoms with Crippen LogP contribution in [0.25, 0.3) is 0 Å². The van der Waals surface area contributed by atoms with Gasteiger partial charge in [-0.2, -0.15) is 0 Å². The summed E-state index contributed by atoms with van der Waals surface area (Å²) in [6, 6.07) is 7.78. The Morgan fingerprint density at radius 1 is 1.19 bits per heavy atom. The Kier molecular flexibility index (Phi) is 4.78. The van der Waals surface area contributed by atoms with Gasteiger partial charge in [-0.15, -0.1) is 0 Å². The Labute approximate surface area is 130 Å². The van der Waals surface area contributed by atoms with Gasteiger partial charge < -0.3 is 9.64 Å². The smallest absolute Gasteiger partial charge is 0.240 e. The van der Waals surface area contributed by atoms with Crippen LogP contribution < -0.4 is 0 Å². The van der Waals surface area contributed by atoms with E-state index >= 15 is 0 Å². The zero-order chi connectivity index (χ0) is 14.7. The third-order valence-corrected chi connectivity index (χ3v) is 4.68. The molecule has 1 unspecified atom stereocenters. The molecule has 3 rings (SSSR count). The molecule has 0 bridgehead atoms. The number of carbonyl (C=O) groups excluding carboxylic acids is 1. The lowest BCUT2D eigenvalue weighted by Gasteiger charge is -2.40. The molecule has 5 heteroatoms. The normalized spacial score (nSPS) is 24.3. The van der Waals surface area contributed by atoms with Crippen LogP contribution in [0.4, 0.5) is 0 Å². The third kappa shape index (κ3) is 3.39. The molecule has 2 heterocycles. The molecule has 2 aliphatic heterocycles. The van der Waals surface area contributed by atoms with Crippen LogP contribution in [0.1, 0.15) is 18.4 Å². The summed E-state index contributed by atoms with van der Waals surface area (Å²) in [4.78, 5) is 17.0. The second-order valence-corrected chi connectivity index (χ2v) is 6.06. The quantitative estimate of drug-likeness (QED) is 0.858. The second kappa shape index (κ2) is 6.77. The van der Waals surface area contributed by atoms with Crippen molar-refractivity contribution < 1.29 is 9.53 Å². The number of carbonyl (C=O) groups is 1. The minimum absolute atomic E-state index is 0.0186. The molecule has 114 valence electrons. The van der Waals surface area contributed by atoms with E-state index in [0.29, 0.717) is 6.54 Å². The number of morpholine rings is 1. The van der Waals surface area contributed by atoms with Crippen molar-refractivity contribution in [2.24, 2.45) is 0 Å². The maximum Gasteiger partial charge on any atom is 0.240 e. The molecule has 0 aliphatic carbocycles. The van der Waals surface area contributed by atoms with Crippen molar-refractivity contribution in [2.75, 3.05) is 32.8 Å². The van der Waals surface area contributed by atoms with E-state index in [4.69, 9.17) is 16.3 Å². The number of likely N-dealkylation sites (tertiary alicyclic amines) is 1. The monoisotopic (exact) mass is 308 g/mol. The molecule has 2 aliphatic rings. The van der Waals surface area contributed by atoms with E-state index in [1.165, 1.54) is 0 Å². The summed E-state index contributed by atoms with van der Waals surface area (Å²) in [7, 11) is 0. The Balaban J connectivity index is 1.68. The molecule has 4 nitrogen and oxygen atoms in total. The molecule has 21 heavy (non-hydrogen) atoms. The number of hydrogen-bond acceptors (Lipinski definition) is 3. The third-order valence-electron chi connectivity index (χ3n) is 4.31. The molecule has 0 N–H and O–H groups in total. The van der Waals surface area contributed by atoms with E-state index in [2.05, 4.69) is 4.90 Å². The van der Waals surface area contributed by atoms with Crippen LogP contribution in [0, 0.1) is 0 Å². The molecule has 2 fully saturated rings. The highest BCUT2D eigenvalue weighted by Crippen LogP contribution is 2.23. The molecule has 1 aromatic carbocycles. The summed E-state index contributed by atoms with van der Waals surface area (Å²) in [5.74, 6) is 0.239. The van der Waals surface area contributed by atoms with Crippen molar-refractivity contribution in [3.05, 3.63) is 34.9 Å². The lowest BCUT2D eigenvalue weighted by Crippen LogP contribution is -2.54. The van der Waals surface area contributed by atoms with E-state index < -0.39 is 0 Å². The SMILES string of the molecule is O=C1C(N2CCOCC2)CCCN1Cc1ccccc1Cl. The molecule has 1 amide bonds. The zero-order valence-electron chi connectivity index (χ0n) is 12.1. The van der Waals surface area contributed by atoms with Gasteiger partial charge in [0.25, 0.3) is 0 Å². The maximum atomic E-state index is 12.7. The lowest BCUT2D eigenvalue weighted by molar-refractivity contribution is -0.142. The summed E-state index contributed by atoms with van der Waals surface area (Å²) in [5, 5.41) is 0.735. The highest BCUT2D eigenvalue weighted by Gasteiger charge is 2.33. The van der Waals surface area contributed by atoms with Gasteiger partial charge in [0, 0.05) is 31.2 Å². The highest BCUT2D eigenvalue weighted by atomic mass is 35.5. The first-order valence-corrected chi connectivity index (χ1v) is 7.97. The number of rotatable bonds is 3. The number of amides is 1. The molecule has 0 saturated carbocycles. The van der Waals surface area contributed by atoms with Crippen LogP contribution in [-0.2, 0) is 16.1 Å². The standard InChI is InChI=1S/C16H21ClN2O2/c17-14-5-2-1-4-13(14)12-19-7-3-6-15(16(19)20)18-8-10-21-11-9-18/h1-2,4-5,15H,3,6-12H2. The van der Waals surface area contributed by atoms with E-state index in [9.17, 15) is 4.79 Å². The predicted molar refractivity (Wildman–Crippen MR) is 82.3 cm³/mol. The van der Waals surface area contributed by atoms with E-state index in [1.807, 2.05) is 29.2 Å². The summed E-state index contributed by atoms with van der Waals surface area (Å²) in [5.41, 5.74) is 1.02. The Morgan fingerprint density at radius 2 is 1.95 bits per heavy atom. The number of ether oxygens (including phenoxy) is 1. The summed E-state index contributed by atoms with van der Waals surface area (Å²) < 4.78 is 5.38. The van der Waals surface area contributed by atoms with Gasteiger partial charge >= 0.3 is 0 Å². The lowest BCUT2D eigenvalue weighted by atomic mass is 10.0. The van der Waals surface area contributed by atoms with Crippen molar-refractivity contribution >= 4 is 17.5 Å². The van der Waals surface area contributed by atoms with Gasteiger partial charge in [0.2, 0.25) is 5.91 Å². The number of nitrogens with zero attached hydrogens (tertiary/aromatic N) is 2. The first-order chi connectivity index (χ1) is 10.3. The first-order valence-electron chi connectivity index (χ1n) is 7.60. The minimum Gasteiger partial charge on any atom is -0.379 e. The second-order valence-electron chi connectivity index (χ2n) is 5.66. The molecule has 0 spiro atoms. The maximum absolute atomic E-state index is 12.7. The van der Waals surface area contributed by atoms with Crippen molar-refractivity contribution in [3.8, 4) is 0 Å². The van der Waals surface area contributed by atoms with Crippen LogP contribution >= 0.6 is 11.6 Å². The molecular weight excluding hydrogens is 288 g/mol. The van der Waals surface area contributed by atoms with Gasteiger partial charge in [0.15, 0.2) is 0 Å². The van der Waals surface area contributed by atoms with Crippen LogP contribution in [-0.4, -0.2) is 54.6 Å². The molecule has 0 radical (unpaired) electrons. The van der Waals surface area contributed by atoms with Gasteiger partial charge in [-0.3, -0.25) is 9.69 Å². The van der Waals surface area contributed by atoms with Crippen molar-refractivity contribution in [1.82, 2.24) is 9.80 Å². The van der Waals surface area contributed by atoms with Crippen LogP contribution in [0.5, 0.6) is 0 Å². The Morgan fingerprint density at radius 3 is 2.71 bits per heavy atom. The van der Waals surface area contributed by atoms with Crippen LogP contribution in [0.2, 0.25) is 5.02 Å². The first kappa shape index (κ1) is 14.8. The summed E-state index contributed by atoms with van der Waals surface area (Å²) in [6.45, 7) is 4.61. The minimum atomic E-state index is 0.0186. The predicted octanol–water partition coefficient (Wildman–Crippen LogP) is 2.16. The summed E-state index contributed by atoms with van der Waals surface area (Å²) >= 11 is 6.21. The number of piperidine rings is 1. The topological polar surface area (TPSA) is 32.8 Å². The van der Waals surface area contributed by atoms with E-state index in [1.54, 1.807) is 0 Å². The molecular formula is C16H21ClN2O2. The van der Waals surface area contributed by atoms with Gasteiger partial charge in [0.05, 0.1) is 19.3 Å². The number of halogens is 1.